The molecule has 0 spiro atoms. The molecule has 20 N–H and O–H groups in total. The van der Waals surface area contributed by atoms with E-state index in [9.17, 15) is 76.8 Å². The van der Waals surface area contributed by atoms with Crippen LogP contribution in [-0.4, -0.2) is 181 Å². The van der Waals surface area contributed by atoms with E-state index in [2.05, 4.69) is 64.2 Å². The van der Waals surface area contributed by atoms with Crippen molar-refractivity contribution in [2.45, 2.75) is 39.8 Å². The normalized spacial score (nSPS) is 10.0. The van der Waals surface area contributed by atoms with E-state index in [4.69, 9.17) is 109 Å². The van der Waals surface area contributed by atoms with Gasteiger partial charge in [-0.15, -0.1) is 4.91 Å². The number of halogens is 5. The van der Waals surface area contributed by atoms with Gasteiger partial charge in [-0.2, -0.15) is 21.8 Å². The first kappa shape index (κ1) is 111. The number of carbonyl (C=O) groups is 1. The number of H-pyrrole nitrogens is 8. The summed E-state index contributed by atoms with van der Waals surface area (Å²) in [6, 6.07) is 30.9. The summed E-state index contributed by atoms with van der Waals surface area (Å²) in [6.07, 6.45) is 3.45. The van der Waals surface area contributed by atoms with Crippen molar-refractivity contribution in [3.63, 3.8) is 0 Å². The van der Waals surface area contributed by atoms with Gasteiger partial charge in [0, 0.05) is 108 Å². The van der Waals surface area contributed by atoms with Crippen molar-refractivity contribution in [2.75, 3.05) is 55.7 Å². The van der Waals surface area contributed by atoms with Crippen LogP contribution in [0.15, 0.2) is 188 Å². The number of nitrogens with two attached hydrogens (primary N) is 6. The van der Waals surface area contributed by atoms with Gasteiger partial charge in [0.2, 0.25) is 11.0 Å². The predicted octanol–water partition coefficient (Wildman–Crippen LogP) is -0.514. The van der Waals surface area contributed by atoms with E-state index in [1.165, 1.54) is 114 Å². The van der Waals surface area contributed by atoms with Crippen molar-refractivity contribution in [3.8, 4) is 0 Å². The molecule has 0 aliphatic rings. The van der Waals surface area contributed by atoms with E-state index in [1.807, 2.05) is 41.4 Å². The average Bonchev–Trinajstić information content (AvgIpc) is 1.64. The van der Waals surface area contributed by atoms with Crippen LogP contribution in [0.25, 0.3) is 22.3 Å². The molecular formula is C70H80Cl5N25Na2O23S2. The van der Waals surface area contributed by atoms with Gasteiger partial charge in [-0.05, 0) is 94.8 Å². The Hall–Kier alpha value is -12.4. The molecule has 0 amide bonds. The van der Waals surface area contributed by atoms with Crippen LogP contribution in [0.3, 0.4) is 0 Å². The molecule has 127 heavy (non-hydrogen) atoms. The van der Waals surface area contributed by atoms with Crippen LogP contribution in [0.2, 0.25) is 25.4 Å². The number of anilines is 6. The van der Waals surface area contributed by atoms with Crippen molar-refractivity contribution in [1.82, 2.24) is 86.4 Å². The Morgan fingerprint density at radius 1 is 0.457 bits per heavy atom. The zero-order valence-electron chi connectivity index (χ0n) is 67.9. The van der Waals surface area contributed by atoms with Crippen LogP contribution in [0.1, 0.15) is 40.0 Å². The van der Waals surface area contributed by atoms with Crippen molar-refractivity contribution in [3.05, 3.63) is 319 Å². The molecule has 57 heteroatoms. The second-order valence-corrected chi connectivity index (χ2v) is 28.7. The van der Waals surface area contributed by atoms with E-state index < -0.39 is 98.3 Å². The SMILES string of the molecule is C.COC(OC)OC.Cn1c(=O)[nH]c(N)c(CCc2ccc(Cl)cc2)c1=O.Cn1c(=O)[nH]c(N)c(N)c1=O.Cn1c(=O)[nH]c(N)c(N=O)c1=O.Cn1c(=O)[nH]c2nc(Cl)n(Cc3ccc(Cl)cc3)c2c1=O.Cn1c(=O)[nH]c2ncn(Cc3ccc(Cl)cc3)c2c1=O.Cn1c(=O)cc(N)[nH]c1=O.Nc1cc(=O)[nH]c(=O)[nH]1.O=Cc1ccc(Cl)cc1.O=S(=O)=S(=O)=O.[Na][Na]. The Bertz CT molecular complexity index is 7070. The molecule has 0 saturated carbocycles. The molecule has 9 heterocycles. The van der Waals surface area contributed by atoms with Crippen LogP contribution < -0.4 is 113 Å². The number of hydrogen-bond acceptors (Lipinski definition) is 32. The summed E-state index contributed by atoms with van der Waals surface area (Å²) in [5.41, 5.74) is 28.8. The molecular weight excluding hydrogens is 1850 g/mol. The summed E-state index contributed by atoms with van der Waals surface area (Å²) in [5, 5.41) is 5.14. The fraction of sp³-hybridized carbons (Fsp3) is 0.214. The van der Waals surface area contributed by atoms with Gasteiger partial charge in [0.15, 0.2) is 22.3 Å². The molecule has 0 fully saturated rings. The van der Waals surface area contributed by atoms with Crippen LogP contribution in [0.5, 0.6) is 0 Å². The molecule has 0 aliphatic carbocycles. The van der Waals surface area contributed by atoms with E-state index in [0.29, 0.717) is 72.9 Å². The molecule has 672 valence electrons. The number of aryl methyl sites for hydroxylation is 1. The predicted molar refractivity (Wildman–Crippen MR) is 483 cm³/mol. The Balaban J connectivity index is 0.000000488. The van der Waals surface area contributed by atoms with Gasteiger partial charge >= 0.3 is 102 Å². The molecule has 9 aromatic heterocycles. The van der Waals surface area contributed by atoms with Crippen molar-refractivity contribution < 1.29 is 35.8 Å². The summed E-state index contributed by atoms with van der Waals surface area (Å²) in [4.78, 5) is 203. The number of nitrogen functional groups attached to an aromatic ring is 6. The Morgan fingerprint density at radius 2 is 0.850 bits per heavy atom. The number of aromatic amines is 8. The Morgan fingerprint density at radius 3 is 1.28 bits per heavy atom. The first-order valence-corrected chi connectivity index (χ1v) is 47.5. The second-order valence-electron chi connectivity index (χ2n) is 24.2. The van der Waals surface area contributed by atoms with E-state index in [1.54, 1.807) is 69.8 Å². The van der Waals surface area contributed by atoms with E-state index in [0.717, 1.165) is 57.9 Å². The van der Waals surface area contributed by atoms with Crippen molar-refractivity contribution >= 4 is 189 Å². The number of hydrogen-bond donors (Lipinski definition) is 14. The van der Waals surface area contributed by atoms with Gasteiger partial charge in [-0.25, -0.2) is 38.5 Å². The number of fused-ring (bicyclic) bond motifs is 2. The summed E-state index contributed by atoms with van der Waals surface area (Å²) >= 11 is 32.0. The zero-order valence-corrected chi connectivity index (χ0v) is 77.3. The van der Waals surface area contributed by atoms with Crippen molar-refractivity contribution in [1.29, 1.82) is 0 Å². The van der Waals surface area contributed by atoms with Gasteiger partial charge < -0.3 is 57.7 Å². The van der Waals surface area contributed by atoms with E-state index >= 15 is 0 Å². The number of imidazole rings is 2. The van der Waals surface area contributed by atoms with Gasteiger partial charge in [0.1, 0.15) is 41.1 Å². The van der Waals surface area contributed by atoms with Crippen LogP contribution in [0, 0.1) is 4.91 Å². The number of aldehydes is 1. The van der Waals surface area contributed by atoms with Gasteiger partial charge in [0.25, 0.3) is 45.4 Å². The number of methoxy groups -OCH3 is 3. The molecule has 0 bridgehead atoms. The number of carbonyl (C=O) groups excluding carboxylic acids is 1. The summed E-state index contributed by atoms with van der Waals surface area (Å²) in [6.45, 7) is 0.322. The molecule has 13 aromatic rings. The standard InChI is InChI=1S/C13H10Cl2N4O2.C13H11ClN4O2.C13H14ClN3O2.C7H5ClO.C5H6N4O3.C5H8N4O2.C5H7N3O2.C4H5N3O2.C4H10O3.CH4.2Na.O4S2/c1-18-11(20)9-10(17-13(18)21)16-12(15)19(9)6-7-2-4-8(14)5-3-7;1-17-12(19)10-11(16-13(17)20)15-7-18(10)6-8-2-4-9(14)5-3-8;1-17-12(18)10(11(15)16-13(17)19)7-4-8-2-5-9(14)6-3-8;8-7-3-1-6(5-9)2-4-7;1-9-4(10)2(8-12)3(6)7-5(9)11;1-9-4(10)2(6)3(7)8-5(9)11;1-8-4(9)2-3(6)7-5(8)10;5-2-1-3(8)7-4(9)6-2;1-5-4(6-2)7-3;;;;1-5(2)6(3)4/h2-5H,6H2,1H3,(H,17,21);2-5,7H,6H2,1H3,(H,16,20);2-3,5-6H,4,7,15H2,1H3,(H,16,19);1-5H;6H2,1H3,(H,7,11);6-7H2,1H3,(H,8,11);2H,6H2,1H3,(H,7,10);1H,(H4,5,6,7,8,9);4H,1-3H3;1H4;;;. The maximum atomic E-state index is 12.2. The number of aromatic nitrogens is 18. The third kappa shape index (κ3) is 34.1. The van der Waals surface area contributed by atoms with Gasteiger partial charge in [-0.3, -0.25) is 106 Å². The Kier molecular flexibility index (Phi) is 46.9. The van der Waals surface area contributed by atoms with Crippen molar-refractivity contribution in [2.24, 2.45) is 47.5 Å². The molecule has 0 aliphatic heterocycles. The van der Waals surface area contributed by atoms with Crippen LogP contribution in [-0.2, 0) is 101 Å². The van der Waals surface area contributed by atoms with Crippen LogP contribution in [0.4, 0.5) is 40.5 Å². The summed E-state index contributed by atoms with van der Waals surface area (Å²) in [7, 11) is 6.79. The van der Waals surface area contributed by atoms with E-state index in [-0.39, 0.29) is 69.8 Å². The fourth-order valence-electron chi connectivity index (χ4n) is 9.23. The maximum absolute atomic E-state index is 12.2. The third-order valence-electron chi connectivity index (χ3n) is 15.8. The first-order valence-electron chi connectivity index (χ1n) is 34.9. The quantitative estimate of drug-likeness (QED) is 0.0241. The number of ether oxygens (including phenoxy) is 3. The molecule has 0 atom stereocenters. The molecule has 0 saturated heterocycles. The van der Waals surface area contributed by atoms with Gasteiger partial charge in [-0.1, -0.05) is 102 Å². The molecule has 48 nitrogen and oxygen atoms in total. The summed E-state index contributed by atoms with van der Waals surface area (Å²) in [5.74, 6) is -0.0879. The average molecular weight is 1930 g/mol. The second kappa shape index (κ2) is 53.8. The minimum absolute atomic E-state index is 0. The van der Waals surface area contributed by atoms with Gasteiger partial charge in [0.05, 0.1) is 18.4 Å². The topological polar surface area (TPSA) is 729 Å². The number of nitrogens with zero attached hydrogens (tertiary/aromatic N) is 11. The number of rotatable bonds is 12. The number of nitrogens with one attached hydrogen (secondary N) is 8. The molecule has 0 unspecified atom stereocenters. The monoisotopic (exact) mass is 1920 g/mol. The molecule has 0 radical (unpaired) electrons. The Labute approximate surface area is 767 Å². The first-order chi connectivity index (χ1) is 59.2. The number of nitroso groups, excluding NO2 is 1. The minimum atomic E-state index is -2.95. The molecule has 13 rings (SSSR count). The van der Waals surface area contributed by atoms with Crippen LogP contribution >= 0.6 is 58.0 Å². The summed E-state index contributed by atoms with van der Waals surface area (Å²) < 4.78 is 59.0. The zero-order chi connectivity index (χ0) is 95.4. The fourth-order valence-corrected chi connectivity index (χ4v) is 9.96. The third-order valence-corrected chi connectivity index (χ3v) is 18.0. The molecule has 4 aromatic carbocycles. The number of benzene rings is 4.